The Morgan fingerprint density at radius 3 is 2.64 bits per heavy atom. The largest absolute Gasteiger partial charge is 0.465 e. The third-order valence-corrected chi connectivity index (χ3v) is 4.35. The Bertz CT molecular complexity index is 772. The van der Waals surface area contributed by atoms with Crippen molar-refractivity contribution in [2.75, 3.05) is 13.1 Å². The van der Waals surface area contributed by atoms with Gasteiger partial charge in [-0.3, -0.25) is 9.59 Å². The quantitative estimate of drug-likeness (QED) is 0.774. The van der Waals surface area contributed by atoms with Crippen molar-refractivity contribution in [3.05, 3.63) is 28.5 Å². The van der Waals surface area contributed by atoms with E-state index in [-0.39, 0.29) is 17.3 Å². The van der Waals surface area contributed by atoms with Gasteiger partial charge in [-0.05, 0) is 13.3 Å². The summed E-state index contributed by atoms with van der Waals surface area (Å²) in [5.41, 5.74) is 1.35. The normalized spacial score (nSPS) is 22.8. The van der Waals surface area contributed by atoms with E-state index in [2.05, 4.69) is 10.3 Å². The maximum atomic E-state index is 12.6. The van der Waals surface area contributed by atoms with Crippen molar-refractivity contribution in [3.8, 4) is 0 Å². The zero-order chi connectivity index (χ0) is 15.6. The summed E-state index contributed by atoms with van der Waals surface area (Å²) in [4.78, 5) is 42.2. The van der Waals surface area contributed by atoms with E-state index in [0.717, 1.165) is 13.1 Å². The first-order valence-electron chi connectivity index (χ1n) is 7.14. The Labute approximate surface area is 125 Å². The summed E-state index contributed by atoms with van der Waals surface area (Å²) in [7, 11) is 0. The summed E-state index contributed by atoms with van der Waals surface area (Å²) < 4.78 is 1.68. The third-order valence-electron chi connectivity index (χ3n) is 4.35. The molecule has 2 aliphatic heterocycles. The molecule has 0 spiro atoms. The summed E-state index contributed by atoms with van der Waals surface area (Å²) in [5.74, 6) is 0.0285. The van der Waals surface area contributed by atoms with E-state index in [4.69, 9.17) is 5.11 Å². The first-order chi connectivity index (χ1) is 10.5. The monoisotopic (exact) mass is 302 g/mol. The molecular weight excluding hydrogens is 288 g/mol. The second-order valence-corrected chi connectivity index (χ2v) is 5.73. The number of allylic oxidation sites excluding steroid dienone is 2. The second-order valence-electron chi connectivity index (χ2n) is 5.73. The topological polar surface area (TPSA) is 104 Å². The molecule has 114 valence electrons. The standard InChI is InChI=1S/C14H14N4O4/c1-6-9(17-4-5-17)12(20)8-10(11(6)19)18-3-2-7(13(18)16-8)15-14(21)22/h7,15H,2-5H2,1H3,(H,21,22). The molecule has 3 heterocycles. The van der Waals surface area contributed by atoms with Crippen LogP contribution < -0.4 is 5.32 Å². The first kappa shape index (κ1) is 13.1. The number of Topliss-reactive ketones (excluding diaryl/α,β-unsaturated/α-hetero) is 2. The molecule has 1 unspecified atom stereocenters. The number of carbonyl (C=O) groups is 3. The lowest BCUT2D eigenvalue weighted by molar-refractivity contribution is 0.0952. The van der Waals surface area contributed by atoms with Crippen molar-refractivity contribution >= 4 is 17.7 Å². The average Bonchev–Trinajstić information content (AvgIpc) is 3.09. The number of ketones is 2. The number of carbonyl (C=O) groups excluding carboxylic acids is 2. The number of imidazole rings is 1. The van der Waals surface area contributed by atoms with E-state index in [1.807, 2.05) is 4.90 Å². The highest BCUT2D eigenvalue weighted by Crippen LogP contribution is 2.35. The predicted molar refractivity (Wildman–Crippen MR) is 73.7 cm³/mol. The SMILES string of the molecule is CC1=C(N2CC2)C(=O)c2nc3n(c2C1=O)CCC3NC(=O)O. The van der Waals surface area contributed by atoms with Gasteiger partial charge in [-0.15, -0.1) is 0 Å². The fraction of sp³-hybridized carbons (Fsp3) is 0.429. The Kier molecular flexibility index (Phi) is 2.48. The zero-order valence-electron chi connectivity index (χ0n) is 11.9. The number of amides is 1. The predicted octanol–water partition coefficient (Wildman–Crippen LogP) is 0.564. The van der Waals surface area contributed by atoms with Crippen molar-refractivity contribution in [3.63, 3.8) is 0 Å². The maximum Gasteiger partial charge on any atom is 0.405 e. The van der Waals surface area contributed by atoms with Crippen molar-refractivity contribution in [2.45, 2.75) is 25.9 Å². The van der Waals surface area contributed by atoms with Crippen molar-refractivity contribution < 1.29 is 19.5 Å². The van der Waals surface area contributed by atoms with E-state index >= 15 is 0 Å². The Morgan fingerprint density at radius 2 is 2.00 bits per heavy atom. The third kappa shape index (κ3) is 1.63. The van der Waals surface area contributed by atoms with Crippen LogP contribution in [0.4, 0.5) is 4.79 Å². The first-order valence-corrected chi connectivity index (χ1v) is 7.14. The molecule has 4 rings (SSSR count). The molecule has 0 bridgehead atoms. The van der Waals surface area contributed by atoms with E-state index in [0.29, 0.717) is 35.8 Å². The highest BCUT2D eigenvalue weighted by Gasteiger charge is 2.42. The number of hydrogen-bond acceptors (Lipinski definition) is 5. The summed E-state index contributed by atoms with van der Waals surface area (Å²) in [6.45, 7) is 3.70. The van der Waals surface area contributed by atoms with Gasteiger partial charge in [0.15, 0.2) is 0 Å². The summed E-state index contributed by atoms with van der Waals surface area (Å²) in [6, 6.07) is -0.478. The van der Waals surface area contributed by atoms with Gasteiger partial charge >= 0.3 is 6.09 Å². The minimum atomic E-state index is -1.14. The van der Waals surface area contributed by atoms with E-state index in [1.165, 1.54) is 0 Å². The van der Waals surface area contributed by atoms with Crippen LogP contribution in [0.3, 0.4) is 0 Å². The molecule has 2 N–H and O–H groups in total. The molecule has 3 aliphatic rings. The molecule has 0 aromatic carbocycles. The number of hydrogen-bond donors (Lipinski definition) is 2. The molecule has 1 amide bonds. The van der Waals surface area contributed by atoms with Crippen LogP contribution >= 0.6 is 0 Å². The molecule has 8 heteroatoms. The number of fused-ring (bicyclic) bond motifs is 3. The molecule has 0 saturated carbocycles. The second kappa shape index (κ2) is 4.19. The lowest BCUT2D eigenvalue weighted by atomic mass is 9.95. The van der Waals surface area contributed by atoms with Gasteiger partial charge in [0.05, 0.1) is 11.7 Å². The minimum absolute atomic E-state index is 0.157. The Hall–Kier alpha value is -2.64. The molecular formula is C14H14N4O4. The van der Waals surface area contributed by atoms with Crippen molar-refractivity contribution in [2.24, 2.45) is 0 Å². The van der Waals surface area contributed by atoms with Crippen LogP contribution in [0.5, 0.6) is 0 Å². The van der Waals surface area contributed by atoms with Crippen molar-refractivity contribution in [1.29, 1.82) is 0 Å². The van der Waals surface area contributed by atoms with Gasteiger partial charge in [-0.2, -0.15) is 0 Å². The Morgan fingerprint density at radius 1 is 1.27 bits per heavy atom. The molecule has 1 aromatic heterocycles. The molecule has 22 heavy (non-hydrogen) atoms. The summed E-state index contributed by atoms with van der Waals surface area (Å²) in [5, 5.41) is 11.3. The van der Waals surface area contributed by atoms with Crippen molar-refractivity contribution in [1.82, 2.24) is 19.8 Å². The van der Waals surface area contributed by atoms with Gasteiger partial charge in [0.25, 0.3) is 0 Å². The highest BCUT2D eigenvalue weighted by molar-refractivity contribution is 6.25. The van der Waals surface area contributed by atoms with Gasteiger partial charge in [-0.1, -0.05) is 0 Å². The number of carboxylic acid groups (broad SMARTS) is 1. The smallest absolute Gasteiger partial charge is 0.405 e. The molecule has 1 saturated heterocycles. The fourth-order valence-electron chi connectivity index (χ4n) is 3.25. The van der Waals surface area contributed by atoms with Gasteiger partial charge < -0.3 is 19.9 Å². The van der Waals surface area contributed by atoms with Gasteiger partial charge in [0.2, 0.25) is 11.6 Å². The van der Waals surface area contributed by atoms with Gasteiger partial charge in [0, 0.05) is 25.2 Å². The lowest BCUT2D eigenvalue weighted by Gasteiger charge is -2.17. The van der Waals surface area contributed by atoms with Crippen LogP contribution in [0.15, 0.2) is 11.3 Å². The number of aromatic nitrogens is 2. The fourth-order valence-corrected chi connectivity index (χ4v) is 3.25. The molecule has 1 aromatic rings. The highest BCUT2D eigenvalue weighted by atomic mass is 16.4. The number of nitrogens with zero attached hydrogens (tertiary/aromatic N) is 3. The van der Waals surface area contributed by atoms with Crippen LogP contribution in [0.25, 0.3) is 0 Å². The average molecular weight is 302 g/mol. The van der Waals surface area contributed by atoms with E-state index < -0.39 is 12.1 Å². The molecule has 1 atom stereocenters. The maximum absolute atomic E-state index is 12.6. The van der Waals surface area contributed by atoms with Crippen LogP contribution in [-0.4, -0.2) is 50.3 Å². The van der Waals surface area contributed by atoms with E-state index in [1.54, 1.807) is 11.5 Å². The zero-order valence-corrected chi connectivity index (χ0v) is 11.9. The lowest BCUT2D eigenvalue weighted by Crippen LogP contribution is -2.26. The van der Waals surface area contributed by atoms with Crippen LogP contribution in [0, 0.1) is 0 Å². The number of rotatable bonds is 2. The summed E-state index contributed by atoms with van der Waals surface area (Å²) >= 11 is 0. The van der Waals surface area contributed by atoms with Crippen LogP contribution in [0.1, 0.15) is 46.2 Å². The van der Waals surface area contributed by atoms with Gasteiger partial charge in [0.1, 0.15) is 17.2 Å². The van der Waals surface area contributed by atoms with Crippen LogP contribution in [0.2, 0.25) is 0 Å². The molecule has 0 radical (unpaired) electrons. The molecule has 1 aliphatic carbocycles. The minimum Gasteiger partial charge on any atom is -0.465 e. The van der Waals surface area contributed by atoms with Crippen LogP contribution in [-0.2, 0) is 6.54 Å². The number of nitrogens with one attached hydrogen (secondary N) is 1. The molecule has 8 nitrogen and oxygen atoms in total. The van der Waals surface area contributed by atoms with Gasteiger partial charge in [-0.25, -0.2) is 9.78 Å². The molecule has 1 fully saturated rings. The summed E-state index contributed by atoms with van der Waals surface area (Å²) in [6.07, 6.45) is -0.610. The van der Waals surface area contributed by atoms with E-state index in [9.17, 15) is 14.4 Å². The Balaban J connectivity index is 1.81.